The zero-order valence-electron chi connectivity index (χ0n) is 8.53. The highest BCUT2D eigenvalue weighted by atomic mass is 79.9. The highest BCUT2D eigenvalue weighted by Gasteiger charge is 2.04. The normalized spacial score (nSPS) is 12.1. The van der Waals surface area contributed by atoms with Gasteiger partial charge in [0.25, 0.3) is 0 Å². The van der Waals surface area contributed by atoms with Crippen LogP contribution in [0.2, 0.25) is 0 Å². The summed E-state index contributed by atoms with van der Waals surface area (Å²) in [4.78, 5) is 4.29. The van der Waals surface area contributed by atoms with E-state index >= 15 is 0 Å². The van der Waals surface area contributed by atoms with Crippen molar-refractivity contribution in [2.24, 2.45) is 0 Å². The number of aromatic nitrogens is 1. The molecule has 80 valence electrons. The van der Waals surface area contributed by atoms with E-state index < -0.39 is 0 Å². The standard InChI is InChI=1S/C11H13BrN2S/c1-3-6-13-7-9(2)15-11-5-4-10(12)8-14-11/h1,4-5,8-9,13H,6-7H2,2H3. The maximum Gasteiger partial charge on any atom is 0.0963 e. The second-order valence-electron chi connectivity index (χ2n) is 3.08. The third-order valence-electron chi connectivity index (χ3n) is 1.68. The molecule has 2 nitrogen and oxygen atoms in total. The van der Waals surface area contributed by atoms with Gasteiger partial charge in [-0.3, -0.25) is 0 Å². The Labute approximate surface area is 103 Å². The molecule has 0 aliphatic heterocycles. The average molecular weight is 285 g/mol. The highest BCUT2D eigenvalue weighted by molar-refractivity contribution is 9.10. The van der Waals surface area contributed by atoms with E-state index in [2.05, 4.69) is 39.1 Å². The Bertz CT molecular complexity index is 331. The van der Waals surface area contributed by atoms with Gasteiger partial charge in [-0.2, -0.15) is 0 Å². The quantitative estimate of drug-likeness (QED) is 0.511. The summed E-state index contributed by atoms with van der Waals surface area (Å²) in [6.45, 7) is 3.67. The van der Waals surface area contributed by atoms with E-state index in [1.54, 1.807) is 11.8 Å². The fourth-order valence-corrected chi connectivity index (χ4v) is 2.14. The molecule has 1 unspecified atom stereocenters. The average Bonchev–Trinajstić information content (AvgIpc) is 2.22. The molecule has 0 amide bonds. The molecule has 1 heterocycles. The SMILES string of the molecule is C#CCNCC(C)Sc1ccc(Br)cn1. The Kier molecular flexibility index (Phi) is 5.77. The Hall–Kier alpha value is -0.500. The van der Waals surface area contributed by atoms with E-state index in [4.69, 9.17) is 6.42 Å². The summed E-state index contributed by atoms with van der Waals surface area (Å²) < 4.78 is 1.00. The molecule has 4 heteroatoms. The van der Waals surface area contributed by atoms with Crippen LogP contribution in [0.15, 0.2) is 27.8 Å². The van der Waals surface area contributed by atoms with Crippen LogP contribution in [0.1, 0.15) is 6.92 Å². The fraction of sp³-hybridized carbons (Fsp3) is 0.364. The number of pyridine rings is 1. The molecule has 1 N–H and O–H groups in total. The minimum atomic E-state index is 0.465. The van der Waals surface area contributed by atoms with Crippen LogP contribution >= 0.6 is 27.7 Å². The molecule has 0 aromatic carbocycles. The van der Waals surface area contributed by atoms with E-state index in [1.807, 2.05) is 18.3 Å². The van der Waals surface area contributed by atoms with E-state index in [-0.39, 0.29) is 0 Å². The Morgan fingerprint density at radius 1 is 1.67 bits per heavy atom. The van der Waals surface area contributed by atoms with Crippen molar-refractivity contribution in [1.82, 2.24) is 10.3 Å². The number of thioether (sulfide) groups is 1. The summed E-state index contributed by atoms with van der Waals surface area (Å²) in [6, 6.07) is 4.00. The highest BCUT2D eigenvalue weighted by Crippen LogP contribution is 2.21. The zero-order valence-corrected chi connectivity index (χ0v) is 10.9. The molecule has 15 heavy (non-hydrogen) atoms. The number of rotatable bonds is 5. The third-order valence-corrected chi connectivity index (χ3v) is 3.20. The molecular formula is C11H13BrN2S. The molecule has 1 rings (SSSR count). The molecule has 0 fully saturated rings. The number of nitrogens with one attached hydrogen (secondary N) is 1. The van der Waals surface area contributed by atoms with Gasteiger partial charge in [0.05, 0.1) is 11.6 Å². The van der Waals surface area contributed by atoms with Gasteiger partial charge in [0.1, 0.15) is 0 Å². The number of terminal acetylenes is 1. The summed E-state index contributed by atoms with van der Waals surface area (Å²) in [5, 5.41) is 4.67. The van der Waals surface area contributed by atoms with Gasteiger partial charge in [0, 0.05) is 22.5 Å². The molecule has 0 spiro atoms. The van der Waals surface area contributed by atoms with Crippen LogP contribution in [0.4, 0.5) is 0 Å². The summed E-state index contributed by atoms with van der Waals surface area (Å²) in [6.07, 6.45) is 6.96. The number of hydrogen-bond donors (Lipinski definition) is 1. The van der Waals surface area contributed by atoms with Gasteiger partial charge in [-0.15, -0.1) is 18.2 Å². The molecule has 1 aromatic rings. The van der Waals surface area contributed by atoms with Gasteiger partial charge in [0.15, 0.2) is 0 Å². The van der Waals surface area contributed by atoms with Crippen LogP contribution in [0.3, 0.4) is 0 Å². The Morgan fingerprint density at radius 3 is 3.07 bits per heavy atom. The molecule has 0 aliphatic rings. The van der Waals surface area contributed by atoms with Crippen LogP contribution < -0.4 is 5.32 Å². The van der Waals surface area contributed by atoms with Crippen LogP contribution in [0, 0.1) is 12.3 Å². The van der Waals surface area contributed by atoms with Crippen LogP contribution in [-0.4, -0.2) is 23.3 Å². The first-order valence-corrected chi connectivity index (χ1v) is 6.32. The van der Waals surface area contributed by atoms with Crippen LogP contribution in [-0.2, 0) is 0 Å². The first-order valence-electron chi connectivity index (χ1n) is 4.64. The zero-order chi connectivity index (χ0) is 11.1. The lowest BCUT2D eigenvalue weighted by molar-refractivity contribution is 0.747. The van der Waals surface area contributed by atoms with Gasteiger partial charge in [-0.25, -0.2) is 4.98 Å². The van der Waals surface area contributed by atoms with Crippen molar-refractivity contribution >= 4 is 27.7 Å². The van der Waals surface area contributed by atoms with Crippen LogP contribution in [0.5, 0.6) is 0 Å². The first-order chi connectivity index (χ1) is 7.22. The lowest BCUT2D eigenvalue weighted by Gasteiger charge is -2.10. The topological polar surface area (TPSA) is 24.9 Å². The van der Waals surface area contributed by atoms with Gasteiger partial charge >= 0.3 is 0 Å². The van der Waals surface area contributed by atoms with E-state index in [9.17, 15) is 0 Å². The third kappa shape index (κ3) is 5.22. The molecule has 1 aromatic heterocycles. The molecule has 0 bridgehead atoms. The lowest BCUT2D eigenvalue weighted by atomic mass is 10.4. The van der Waals surface area contributed by atoms with E-state index in [0.29, 0.717) is 11.8 Å². The van der Waals surface area contributed by atoms with E-state index in [1.165, 1.54) is 0 Å². The predicted molar refractivity (Wildman–Crippen MR) is 69.0 cm³/mol. The summed E-state index contributed by atoms with van der Waals surface area (Å²) in [5.41, 5.74) is 0. The monoisotopic (exact) mass is 284 g/mol. The molecule has 0 saturated heterocycles. The second kappa shape index (κ2) is 6.89. The minimum absolute atomic E-state index is 0.465. The fourth-order valence-electron chi connectivity index (χ4n) is 1.03. The molecule has 0 aliphatic carbocycles. The first kappa shape index (κ1) is 12.6. The van der Waals surface area contributed by atoms with Gasteiger partial charge in [0.2, 0.25) is 0 Å². The minimum Gasteiger partial charge on any atom is -0.305 e. The van der Waals surface area contributed by atoms with Crippen molar-refractivity contribution < 1.29 is 0 Å². The largest absolute Gasteiger partial charge is 0.305 e. The lowest BCUT2D eigenvalue weighted by Crippen LogP contribution is -2.22. The van der Waals surface area contributed by atoms with Gasteiger partial charge in [-0.05, 0) is 28.1 Å². The Morgan fingerprint density at radius 2 is 2.47 bits per heavy atom. The molecule has 1 atom stereocenters. The maximum absolute atomic E-state index is 5.15. The number of halogens is 1. The Balaban J connectivity index is 2.34. The number of nitrogens with zero attached hydrogens (tertiary/aromatic N) is 1. The predicted octanol–water partition coefficient (Wildman–Crippen LogP) is 2.55. The van der Waals surface area contributed by atoms with Gasteiger partial charge in [-0.1, -0.05) is 12.8 Å². The molecule has 0 saturated carbocycles. The van der Waals surface area contributed by atoms with Crippen molar-refractivity contribution in [2.45, 2.75) is 17.2 Å². The molecule has 0 radical (unpaired) electrons. The summed E-state index contributed by atoms with van der Waals surface area (Å²) in [5.74, 6) is 2.55. The van der Waals surface area contributed by atoms with Crippen molar-refractivity contribution in [3.05, 3.63) is 22.8 Å². The van der Waals surface area contributed by atoms with Crippen LogP contribution in [0.25, 0.3) is 0 Å². The number of hydrogen-bond acceptors (Lipinski definition) is 3. The smallest absolute Gasteiger partial charge is 0.0963 e. The summed E-state index contributed by atoms with van der Waals surface area (Å²) >= 11 is 5.10. The second-order valence-corrected chi connectivity index (χ2v) is 5.45. The van der Waals surface area contributed by atoms with Gasteiger partial charge < -0.3 is 5.32 Å². The molecular weight excluding hydrogens is 272 g/mol. The van der Waals surface area contributed by atoms with Crippen molar-refractivity contribution in [3.63, 3.8) is 0 Å². The summed E-state index contributed by atoms with van der Waals surface area (Å²) in [7, 11) is 0. The van der Waals surface area contributed by atoms with E-state index in [0.717, 1.165) is 16.0 Å². The van der Waals surface area contributed by atoms with Crippen molar-refractivity contribution in [3.8, 4) is 12.3 Å². The van der Waals surface area contributed by atoms with Crippen molar-refractivity contribution in [1.29, 1.82) is 0 Å². The van der Waals surface area contributed by atoms with Crippen molar-refractivity contribution in [2.75, 3.05) is 13.1 Å². The maximum atomic E-state index is 5.15.